The molecule has 1 unspecified atom stereocenters. The number of nitrogens with zero attached hydrogens (tertiary/aromatic N) is 1. The average molecular weight is 323 g/mol. The highest BCUT2D eigenvalue weighted by Gasteiger charge is 2.12. The zero-order valence-electron chi connectivity index (χ0n) is 13.1. The van der Waals surface area contributed by atoms with E-state index in [-0.39, 0.29) is 13.2 Å². The molecule has 1 atom stereocenters. The molecule has 0 saturated heterocycles. The maximum Gasteiger partial charge on any atom is 0.330 e. The van der Waals surface area contributed by atoms with E-state index >= 15 is 0 Å². The summed E-state index contributed by atoms with van der Waals surface area (Å²) in [5.74, 6) is -0.457. The first kappa shape index (κ1) is 20.3. The van der Waals surface area contributed by atoms with Gasteiger partial charge in [-0.2, -0.15) is 0 Å². The quantitative estimate of drug-likeness (QED) is 0.176. The fourth-order valence-corrected chi connectivity index (χ4v) is 1.99. The molecule has 0 fully saturated rings. The summed E-state index contributed by atoms with van der Waals surface area (Å²) in [4.78, 5) is 22.2. The summed E-state index contributed by atoms with van der Waals surface area (Å²) >= 11 is 0. The molecule has 0 aliphatic rings. The number of ether oxygens (including phenoxy) is 1. The molecular weight excluding hydrogens is 297 g/mol. The van der Waals surface area contributed by atoms with Gasteiger partial charge in [-0.05, 0) is 19.3 Å². The molecule has 0 aromatic carbocycles. The minimum atomic E-state index is -4.21. The summed E-state index contributed by atoms with van der Waals surface area (Å²) in [5.41, 5.74) is 0. The SMILES string of the molecule is C=CC(=O)OCCCCCOP(=O)([O-])OCC[N+](C)(C)C. The lowest BCUT2D eigenvalue weighted by atomic mass is 10.2. The van der Waals surface area contributed by atoms with Gasteiger partial charge in [0.05, 0.1) is 34.4 Å². The second-order valence-corrected chi connectivity index (χ2v) is 6.97. The zero-order chi connectivity index (χ0) is 16.4. The Balaban J connectivity index is 3.59. The number of rotatable bonds is 12. The van der Waals surface area contributed by atoms with E-state index in [1.165, 1.54) is 0 Å². The largest absolute Gasteiger partial charge is 0.756 e. The van der Waals surface area contributed by atoms with E-state index < -0.39 is 13.8 Å². The van der Waals surface area contributed by atoms with E-state index in [1.807, 2.05) is 21.1 Å². The maximum absolute atomic E-state index is 11.4. The third-order valence-corrected chi connectivity index (χ3v) is 3.46. The van der Waals surface area contributed by atoms with Crippen LogP contribution < -0.4 is 4.89 Å². The number of hydrogen-bond acceptors (Lipinski definition) is 6. The number of unbranched alkanes of at least 4 members (excludes halogenated alkanes) is 2. The van der Waals surface area contributed by atoms with E-state index in [4.69, 9.17) is 13.8 Å². The van der Waals surface area contributed by atoms with Gasteiger partial charge in [-0.25, -0.2) is 4.79 Å². The van der Waals surface area contributed by atoms with Crippen LogP contribution in [0.2, 0.25) is 0 Å². The smallest absolute Gasteiger partial charge is 0.330 e. The first-order chi connectivity index (χ1) is 9.66. The second-order valence-electron chi connectivity index (χ2n) is 5.56. The van der Waals surface area contributed by atoms with Gasteiger partial charge in [0, 0.05) is 6.08 Å². The molecule has 124 valence electrons. The van der Waals surface area contributed by atoms with Crippen molar-refractivity contribution < 1.29 is 32.5 Å². The van der Waals surface area contributed by atoms with E-state index in [0.717, 1.165) is 6.08 Å². The van der Waals surface area contributed by atoms with E-state index in [2.05, 4.69) is 6.58 Å². The van der Waals surface area contributed by atoms with E-state index in [1.54, 1.807) is 0 Å². The summed E-state index contributed by atoms with van der Waals surface area (Å²) in [7, 11) is 1.62. The lowest BCUT2D eigenvalue weighted by molar-refractivity contribution is -0.870. The Kier molecular flexibility index (Phi) is 9.74. The molecule has 0 N–H and O–H groups in total. The highest BCUT2D eigenvalue weighted by molar-refractivity contribution is 7.45. The van der Waals surface area contributed by atoms with Crippen molar-refractivity contribution in [2.75, 3.05) is 47.5 Å². The summed E-state index contributed by atoms with van der Waals surface area (Å²) in [6.45, 7) is 4.31. The molecule has 8 heteroatoms. The van der Waals surface area contributed by atoms with Crippen LogP contribution in [-0.2, 0) is 23.1 Å². The third kappa shape index (κ3) is 14.0. The third-order valence-electron chi connectivity index (χ3n) is 2.46. The van der Waals surface area contributed by atoms with Gasteiger partial charge in [-0.3, -0.25) is 4.57 Å². The Morgan fingerprint density at radius 3 is 2.29 bits per heavy atom. The lowest BCUT2D eigenvalue weighted by Gasteiger charge is -2.27. The molecule has 0 heterocycles. The number of phosphoric acid groups is 1. The number of likely N-dealkylation sites (N-methyl/N-ethyl adjacent to an activating group) is 1. The van der Waals surface area contributed by atoms with Gasteiger partial charge in [0.2, 0.25) is 0 Å². The van der Waals surface area contributed by atoms with Crippen LogP contribution in [0, 0.1) is 0 Å². The van der Waals surface area contributed by atoms with Crippen molar-refractivity contribution in [3.63, 3.8) is 0 Å². The predicted molar refractivity (Wildman–Crippen MR) is 77.4 cm³/mol. The molecule has 21 heavy (non-hydrogen) atoms. The molecule has 0 aliphatic heterocycles. The van der Waals surface area contributed by atoms with Gasteiger partial charge in [0.25, 0.3) is 7.82 Å². The van der Waals surface area contributed by atoms with Gasteiger partial charge in [-0.1, -0.05) is 6.58 Å². The maximum atomic E-state index is 11.4. The molecule has 7 nitrogen and oxygen atoms in total. The Morgan fingerprint density at radius 2 is 1.71 bits per heavy atom. The molecule has 0 bridgehead atoms. The fraction of sp³-hybridized carbons (Fsp3) is 0.769. The molecule has 0 aromatic rings. The van der Waals surface area contributed by atoms with Crippen LogP contribution in [0.15, 0.2) is 12.7 Å². The van der Waals surface area contributed by atoms with Crippen molar-refractivity contribution in [1.29, 1.82) is 0 Å². The van der Waals surface area contributed by atoms with Crippen LogP contribution in [0.25, 0.3) is 0 Å². The monoisotopic (exact) mass is 323 g/mol. The van der Waals surface area contributed by atoms with Gasteiger partial charge in [0.1, 0.15) is 13.2 Å². The number of carbonyl (C=O) groups is 1. The molecule has 0 radical (unpaired) electrons. The molecule has 0 amide bonds. The number of carbonyl (C=O) groups excluding carboxylic acids is 1. The van der Waals surface area contributed by atoms with Gasteiger partial charge < -0.3 is 23.2 Å². The van der Waals surface area contributed by atoms with E-state index in [0.29, 0.717) is 36.9 Å². The predicted octanol–water partition coefficient (Wildman–Crippen LogP) is 1.09. The van der Waals surface area contributed by atoms with Gasteiger partial charge in [-0.15, -0.1) is 0 Å². The molecule has 0 saturated carbocycles. The zero-order valence-corrected chi connectivity index (χ0v) is 14.0. The Labute approximate surface area is 126 Å². The van der Waals surface area contributed by atoms with Crippen LogP contribution in [0.3, 0.4) is 0 Å². The van der Waals surface area contributed by atoms with Gasteiger partial charge in [0.15, 0.2) is 0 Å². The van der Waals surface area contributed by atoms with Crippen molar-refractivity contribution in [2.24, 2.45) is 0 Å². The summed E-state index contributed by atoms with van der Waals surface area (Å²) in [6.07, 6.45) is 3.00. The summed E-state index contributed by atoms with van der Waals surface area (Å²) in [5, 5.41) is 0. The lowest BCUT2D eigenvalue weighted by Crippen LogP contribution is -2.37. The standard InChI is InChI=1S/C13H26NO6P/c1-5-13(15)18-10-7-6-8-11-19-21(16,17)20-12-9-14(2,3)4/h5H,1,6-12H2,2-4H3. The first-order valence-electron chi connectivity index (χ1n) is 6.86. The van der Waals surface area contributed by atoms with Crippen LogP contribution in [0.4, 0.5) is 0 Å². The highest BCUT2D eigenvalue weighted by Crippen LogP contribution is 2.38. The number of quaternary nitrogens is 1. The number of phosphoric ester groups is 1. The van der Waals surface area contributed by atoms with Gasteiger partial charge >= 0.3 is 5.97 Å². The Bertz CT molecular complexity index is 366. The molecule has 0 rings (SSSR count). The summed E-state index contributed by atoms with van der Waals surface area (Å²) < 4.78 is 26.3. The second kappa shape index (κ2) is 10.1. The molecular formula is C13H26NO6P. The van der Waals surface area contributed by atoms with Crippen LogP contribution in [-0.4, -0.2) is 58.0 Å². The summed E-state index contributed by atoms with van der Waals surface area (Å²) in [6, 6.07) is 0. The minimum absolute atomic E-state index is 0.0700. The molecule has 0 aliphatic carbocycles. The fourth-order valence-electron chi connectivity index (χ4n) is 1.25. The highest BCUT2D eigenvalue weighted by atomic mass is 31.2. The minimum Gasteiger partial charge on any atom is -0.756 e. The van der Waals surface area contributed by atoms with Crippen LogP contribution >= 0.6 is 7.82 Å². The van der Waals surface area contributed by atoms with Crippen molar-refractivity contribution in [3.05, 3.63) is 12.7 Å². The Hall–Kier alpha value is -0.720. The average Bonchev–Trinajstić information content (AvgIpc) is 2.35. The topological polar surface area (TPSA) is 84.9 Å². The Morgan fingerprint density at radius 1 is 1.14 bits per heavy atom. The van der Waals surface area contributed by atoms with Crippen molar-refractivity contribution in [2.45, 2.75) is 19.3 Å². The number of hydrogen-bond donors (Lipinski definition) is 0. The molecule has 0 spiro atoms. The van der Waals surface area contributed by atoms with Crippen molar-refractivity contribution in [3.8, 4) is 0 Å². The van der Waals surface area contributed by atoms with E-state index in [9.17, 15) is 14.3 Å². The van der Waals surface area contributed by atoms with Crippen molar-refractivity contribution in [1.82, 2.24) is 0 Å². The normalized spacial score (nSPS) is 14.5. The van der Waals surface area contributed by atoms with Crippen LogP contribution in [0.1, 0.15) is 19.3 Å². The molecule has 0 aromatic heterocycles. The van der Waals surface area contributed by atoms with Crippen molar-refractivity contribution >= 4 is 13.8 Å². The van der Waals surface area contributed by atoms with Crippen LogP contribution in [0.5, 0.6) is 0 Å². The first-order valence-corrected chi connectivity index (χ1v) is 8.32. The number of esters is 1.